The third kappa shape index (κ3) is 2.96. The first kappa shape index (κ1) is 14.9. The second-order valence-electron chi connectivity index (χ2n) is 5.47. The number of nitrogens with two attached hydrogens (primary N) is 1. The lowest BCUT2D eigenvalue weighted by atomic mass is 9.74. The van der Waals surface area contributed by atoms with Gasteiger partial charge in [-0.2, -0.15) is 5.26 Å². The van der Waals surface area contributed by atoms with Crippen LogP contribution in [0.3, 0.4) is 0 Å². The molecule has 0 saturated heterocycles. The lowest BCUT2D eigenvalue weighted by Gasteiger charge is -2.41. The van der Waals surface area contributed by atoms with Gasteiger partial charge in [0, 0.05) is 18.6 Å². The van der Waals surface area contributed by atoms with Crippen LogP contribution in [0.25, 0.3) is 0 Å². The molecule has 0 aliphatic carbocycles. The predicted molar refractivity (Wildman–Crippen MR) is 64.5 cm³/mol. The van der Waals surface area contributed by atoms with Crippen molar-refractivity contribution in [1.82, 2.24) is 4.90 Å². The SMILES string of the molecule is CC(CC#N)N(C)C(=O)C(C)(C)C(C)(C)N. The van der Waals surface area contributed by atoms with Gasteiger partial charge in [-0.05, 0) is 34.6 Å². The fraction of sp³-hybridized carbons (Fsp3) is 0.833. The van der Waals surface area contributed by atoms with E-state index in [2.05, 4.69) is 6.07 Å². The minimum absolute atomic E-state index is 0.0252. The van der Waals surface area contributed by atoms with Crippen LogP contribution < -0.4 is 5.73 Å². The Kier molecular flexibility index (Phi) is 4.51. The largest absolute Gasteiger partial charge is 0.341 e. The molecule has 4 heteroatoms. The van der Waals surface area contributed by atoms with Crippen LogP contribution in [-0.4, -0.2) is 29.4 Å². The van der Waals surface area contributed by atoms with Crippen molar-refractivity contribution in [2.75, 3.05) is 7.05 Å². The standard InChI is InChI=1S/C12H23N3O/c1-9(7-8-13)15(6)10(16)11(2,3)12(4,5)14/h9H,7,14H2,1-6H3. The molecule has 92 valence electrons. The van der Waals surface area contributed by atoms with Crippen molar-refractivity contribution in [3.63, 3.8) is 0 Å². The lowest BCUT2D eigenvalue weighted by Crippen LogP contribution is -2.57. The molecule has 0 saturated carbocycles. The maximum atomic E-state index is 12.3. The Bertz CT molecular complexity index is 296. The van der Waals surface area contributed by atoms with Crippen molar-refractivity contribution < 1.29 is 4.79 Å². The molecule has 1 amide bonds. The molecule has 0 rings (SSSR count). The number of hydrogen-bond acceptors (Lipinski definition) is 3. The average molecular weight is 225 g/mol. The van der Waals surface area contributed by atoms with Gasteiger partial charge in [-0.15, -0.1) is 0 Å². The van der Waals surface area contributed by atoms with Crippen LogP contribution in [0.2, 0.25) is 0 Å². The number of hydrogen-bond donors (Lipinski definition) is 1. The molecule has 0 aromatic carbocycles. The summed E-state index contributed by atoms with van der Waals surface area (Å²) in [7, 11) is 1.72. The van der Waals surface area contributed by atoms with Gasteiger partial charge in [0.1, 0.15) is 0 Å². The van der Waals surface area contributed by atoms with Crippen molar-refractivity contribution in [2.24, 2.45) is 11.1 Å². The molecule has 0 aromatic heterocycles. The normalized spacial score (nSPS) is 14.1. The summed E-state index contributed by atoms with van der Waals surface area (Å²) in [5.41, 5.74) is 4.77. The molecule has 0 heterocycles. The van der Waals surface area contributed by atoms with Crippen molar-refractivity contribution >= 4 is 5.91 Å². The highest BCUT2D eigenvalue weighted by molar-refractivity contribution is 5.83. The van der Waals surface area contributed by atoms with Gasteiger partial charge >= 0.3 is 0 Å². The van der Waals surface area contributed by atoms with E-state index in [1.54, 1.807) is 11.9 Å². The molecule has 0 aromatic rings. The number of carbonyl (C=O) groups is 1. The monoisotopic (exact) mass is 225 g/mol. The second kappa shape index (κ2) is 4.84. The number of rotatable bonds is 4. The molecule has 16 heavy (non-hydrogen) atoms. The molecular weight excluding hydrogens is 202 g/mol. The Morgan fingerprint density at radius 3 is 2.19 bits per heavy atom. The maximum Gasteiger partial charge on any atom is 0.230 e. The predicted octanol–water partition coefficient (Wildman–Crippen LogP) is 1.51. The summed E-state index contributed by atoms with van der Waals surface area (Å²) < 4.78 is 0. The third-order valence-electron chi connectivity index (χ3n) is 3.51. The van der Waals surface area contributed by atoms with Gasteiger partial charge in [0.05, 0.1) is 17.9 Å². The molecule has 0 radical (unpaired) electrons. The highest BCUT2D eigenvalue weighted by Gasteiger charge is 2.42. The van der Waals surface area contributed by atoms with E-state index < -0.39 is 11.0 Å². The summed E-state index contributed by atoms with van der Waals surface area (Å²) >= 11 is 0. The van der Waals surface area contributed by atoms with Crippen LogP contribution in [0.5, 0.6) is 0 Å². The number of carbonyl (C=O) groups excluding carboxylic acids is 1. The van der Waals surface area contributed by atoms with Gasteiger partial charge < -0.3 is 10.6 Å². The molecule has 4 nitrogen and oxygen atoms in total. The van der Waals surface area contributed by atoms with Crippen LogP contribution in [-0.2, 0) is 4.79 Å². The van der Waals surface area contributed by atoms with E-state index in [9.17, 15) is 4.79 Å². The Labute approximate surface area is 98.4 Å². The zero-order valence-electron chi connectivity index (χ0n) is 11.2. The summed E-state index contributed by atoms with van der Waals surface area (Å²) in [5, 5.41) is 8.62. The lowest BCUT2D eigenvalue weighted by molar-refractivity contribution is -0.143. The fourth-order valence-electron chi connectivity index (χ4n) is 1.19. The van der Waals surface area contributed by atoms with E-state index in [0.29, 0.717) is 6.42 Å². The average Bonchev–Trinajstić information content (AvgIpc) is 2.14. The first-order valence-electron chi connectivity index (χ1n) is 5.48. The molecule has 2 N–H and O–H groups in total. The number of nitrogens with zero attached hydrogens (tertiary/aromatic N) is 2. The van der Waals surface area contributed by atoms with Crippen molar-refractivity contribution in [3.8, 4) is 6.07 Å². The Morgan fingerprint density at radius 1 is 1.44 bits per heavy atom. The van der Waals surface area contributed by atoms with Crippen LogP contribution in [0.15, 0.2) is 0 Å². The van der Waals surface area contributed by atoms with Crippen LogP contribution >= 0.6 is 0 Å². The molecule has 0 aliphatic rings. The Hall–Kier alpha value is -1.08. The zero-order chi connectivity index (χ0) is 13.1. The Balaban J connectivity index is 4.88. The van der Waals surface area contributed by atoms with Gasteiger partial charge in [-0.25, -0.2) is 0 Å². The molecule has 0 aliphatic heterocycles. The van der Waals surface area contributed by atoms with Gasteiger partial charge in [0.25, 0.3) is 0 Å². The summed E-state index contributed by atoms with van der Waals surface area (Å²) in [4.78, 5) is 13.9. The summed E-state index contributed by atoms with van der Waals surface area (Å²) in [6.45, 7) is 9.22. The summed E-state index contributed by atoms with van der Waals surface area (Å²) in [6, 6.07) is 1.98. The van der Waals surface area contributed by atoms with Crippen molar-refractivity contribution in [1.29, 1.82) is 5.26 Å². The van der Waals surface area contributed by atoms with Gasteiger partial charge in [-0.3, -0.25) is 4.79 Å². The summed E-state index contributed by atoms with van der Waals surface area (Å²) in [6.07, 6.45) is 0.337. The van der Waals surface area contributed by atoms with Gasteiger partial charge in [0.15, 0.2) is 0 Å². The molecule has 0 fully saturated rings. The smallest absolute Gasteiger partial charge is 0.230 e. The van der Waals surface area contributed by atoms with Gasteiger partial charge in [0.2, 0.25) is 5.91 Å². The van der Waals surface area contributed by atoms with E-state index in [1.807, 2.05) is 34.6 Å². The van der Waals surface area contributed by atoms with Crippen LogP contribution in [0.1, 0.15) is 41.0 Å². The molecule has 1 unspecified atom stereocenters. The highest BCUT2D eigenvalue weighted by atomic mass is 16.2. The van der Waals surface area contributed by atoms with Crippen LogP contribution in [0, 0.1) is 16.7 Å². The van der Waals surface area contributed by atoms with Crippen molar-refractivity contribution in [2.45, 2.75) is 52.6 Å². The number of amides is 1. The van der Waals surface area contributed by atoms with Crippen molar-refractivity contribution in [3.05, 3.63) is 0 Å². The van der Waals surface area contributed by atoms with E-state index in [-0.39, 0.29) is 11.9 Å². The minimum Gasteiger partial charge on any atom is -0.341 e. The fourth-order valence-corrected chi connectivity index (χ4v) is 1.19. The van der Waals surface area contributed by atoms with Crippen LogP contribution in [0.4, 0.5) is 0 Å². The Morgan fingerprint density at radius 2 is 1.88 bits per heavy atom. The first-order chi connectivity index (χ1) is 7.05. The maximum absolute atomic E-state index is 12.3. The van der Waals surface area contributed by atoms with E-state index in [0.717, 1.165) is 0 Å². The third-order valence-corrected chi connectivity index (χ3v) is 3.51. The van der Waals surface area contributed by atoms with E-state index in [4.69, 9.17) is 11.0 Å². The van der Waals surface area contributed by atoms with Gasteiger partial charge in [-0.1, -0.05) is 0 Å². The quantitative estimate of drug-likeness (QED) is 0.788. The zero-order valence-corrected chi connectivity index (χ0v) is 11.2. The molecular formula is C12H23N3O. The minimum atomic E-state index is -0.647. The number of nitriles is 1. The van der Waals surface area contributed by atoms with E-state index in [1.165, 1.54) is 0 Å². The highest BCUT2D eigenvalue weighted by Crippen LogP contribution is 2.30. The topological polar surface area (TPSA) is 70.1 Å². The molecule has 1 atom stereocenters. The van der Waals surface area contributed by atoms with E-state index >= 15 is 0 Å². The first-order valence-corrected chi connectivity index (χ1v) is 5.48. The molecule has 0 bridgehead atoms. The second-order valence-corrected chi connectivity index (χ2v) is 5.47. The summed E-state index contributed by atoms with van der Waals surface area (Å²) in [5.74, 6) is -0.0252. The molecule has 0 spiro atoms.